The van der Waals surface area contributed by atoms with Crippen LogP contribution in [0.5, 0.6) is 5.75 Å². The van der Waals surface area contributed by atoms with Crippen LogP contribution in [0.15, 0.2) is 12.1 Å². The standard InChI is InChI=1S/C15H23F3N2O/c1-4-6-7-20(10(3)5-2)13-9-14(21-15(17)18)11(16)8-12(13)19/h8-10,15H,4-7,19H2,1-3H3. The fraction of sp³-hybridized carbons (Fsp3) is 0.600. The van der Waals surface area contributed by atoms with Gasteiger partial charge in [-0.2, -0.15) is 8.78 Å². The third-order valence-corrected chi connectivity index (χ3v) is 3.48. The highest BCUT2D eigenvalue weighted by Crippen LogP contribution is 2.33. The molecule has 0 bridgehead atoms. The van der Waals surface area contributed by atoms with E-state index in [9.17, 15) is 13.2 Å². The van der Waals surface area contributed by atoms with Gasteiger partial charge in [-0.15, -0.1) is 0 Å². The van der Waals surface area contributed by atoms with Crippen LogP contribution in [0.3, 0.4) is 0 Å². The molecule has 0 amide bonds. The fourth-order valence-electron chi connectivity index (χ4n) is 2.12. The Bertz CT molecular complexity index is 455. The first-order valence-corrected chi connectivity index (χ1v) is 7.21. The summed E-state index contributed by atoms with van der Waals surface area (Å²) in [6.07, 6.45) is 2.80. The summed E-state index contributed by atoms with van der Waals surface area (Å²) in [7, 11) is 0. The number of benzene rings is 1. The Kier molecular flexibility index (Phi) is 6.65. The summed E-state index contributed by atoms with van der Waals surface area (Å²) >= 11 is 0. The first-order chi connectivity index (χ1) is 9.90. The second-order valence-corrected chi connectivity index (χ2v) is 5.02. The zero-order valence-electron chi connectivity index (χ0n) is 12.7. The van der Waals surface area contributed by atoms with E-state index in [2.05, 4.69) is 11.7 Å². The van der Waals surface area contributed by atoms with Gasteiger partial charge in [0.1, 0.15) is 0 Å². The van der Waals surface area contributed by atoms with Crippen molar-refractivity contribution in [3.05, 3.63) is 17.9 Å². The van der Waals surface area contributed by atoms with E-state index >= 15 is 0 Å². The molecule has 1 rings (SSSR count). The van der Waals surface area contributed by atoms with Crippen LogP contribution >= 0.6 is 0 Å². The second kappa shape index (κ2) is 8.00. The van der Waals surface area contributed by atoms with E-state index in [1.165, 1.54) is 6.07 Å². The molecule has 1 unspecified atom stereocenters. The van der Waals surface area contributed by atoms with Crippen LogP contribution < -0.4 is 15.4 Å². The maximum absolute atomic E-state index is 13.6. The van der Waals surface area contributed by atoms with E-state index in [4.69, 9.17) is 5.73 Å². The minimum Gasteiger partial charge on any atom is -0.432 e. The van der Waals surface area contributed by atoms with Gasteiger partial charge in [0.15, 0.2) is 11.6 Å². The summed E-state index contributed by atoms with van der Waals surface area (Å²) < 4.78 is 42.5. The molecule has 0 fully saturated rings. The third kappa shape index (κ3) is 4.72. The molecule has 1 aromatic carbocycles. The van der Waals surface area contributed by atoms with Crippen molar-refractivity contribution in [1.82, 2.24) is 0 Å². The van der Waals surface area contributed by atoms with Gasteiger partial charge in [0.05, 0.1) is 11.4 Å². The molecule has 21 heavy (non-hydrogen) atoms. The molecule has 0 aliphatic rings. The third-order valence-electron chi connectivity index (χ3n) is 3.48. The van der Waals surface area contributed by atoms with Crippen molar-refractivity contribution in [3.63, 3.8) is 0 Å². The van der Waals surface area contributed by atoms with Crippen molar-refractivity contribution >= 4 is 11.4 Å². The van der Waals surface area contributed by atoms with Crippen molar-refractivity contribution in [2.45, 2.75) is 52.7 Å². The van der Waals surface area contributed by atoms with Gasteiger partial charge in [0, 0.05) is 24.7 Å². The van der Waals surface area contributed by atoms with Crippen LogP contribution in [0.2, 0.25) is 0 Å². The van der Waals surface area contributed by atoms with Gasteiger partial charge in [0.2, 0.25) is 0 Å². The van der Waals surface area contributed by atoms with E-state index < -0.39 is 18.2 Å². The molecule has 2 N–H and O–H groups in total. The quantitative estimate of drug-likeness (QED) is 0.723. The van der Waals surface area contributed by atoms with Crippen molar-refractivity contribution in [1.29, 1.82) is 0 Å². The number of hydrogen-bond donors (Lipinski definition) is 1. The molecule has 0 saturated carbocycles. The molecule has 0 heterocycles. The SMILES string of the molecule is CCCCN(c1cc(OC(F)F)c(F)cc1N)C(C)CC. The Morgan fingerprint density at radius 3 is 2.48 bits per heavy atom. The molecule has 3 nitrogen and oxygen atoms in total. The van der Waals surface area contributed by atoms with Crippen molar-refractivity contribution in [2.24, 2.45) is 0 Å². The van der Waals surface area contributed by atoms with Crippen LogP contribution in [-0.2, 0) is 0 Å². The highest BCUT2D eigenvalue weighted by atomic mass is 19.3. The number of halogens is 3. The number of nitrogens with two attached hydrogens (primary N) is 1. The number of ether oxygens (including phenoxy) is 1. The van der Waals surface area contributed by atoms with Crippen LogP contribution in [-0.4, -0.2) is 19.2 Å². The smallest absolute Gasteiger partial charge is 0.387 e. The Balaban J connectivity index is 3.16. The van der Waals surface area contributed by atoms with E-state index in [0.29, 0.717) is 5.69 Å². The molecule has 0 aliphatic carbocycles. The Morgan fingerprint density at radius 2 is 1.95 bits per heavy atom. The maximum Gasteiger partial charge on any atom is 0.387 e. The molecular formula is C15H23F3N2O. The fourth-order valence-corrected chi connectivity index (χ4v) is 2.12. The normalized spacial score (nSPS) is 12.5. The summed E-state index contributed by atoms with van der Waals surface area (Å²) in [6, 6.07) is 2.47. The highest BCUT2D eigenvalue weighted by molar-refractivity contribution is 5.70. The predicted octanol–water partition coefficient (Wildman–Crippen LogP) is 4.41. The summed E-state index contributed by atoms with van der Waals surface area (Å²) in [5.41, 5.74) is 6.63. The lowest BCUT2D eigenvalue weighted by Crippen LogP contribution is -2.34. The highest BCUT2D eigenvalue weighted by Gasteiger charge is 2.19. The Morgan fingerprint density at radius 1 is 1.29 bits per heavy atom. The number of unbranched alkanes of at least 4 members (excludes halogenated alkanes) is 1. The average Bonchev–Trinajstić information content (AvgIpc) is 2.42. The van der Waals surface area contributed by atoms with Gasteiger partial charge < -0.3 is 15.4 Å². The Hall–Kier alpha value is -1.59. The topological polar surface area (TPSA) is 38.5 Å². The molecule has 0 aromatic heterocycles. The van der Waals surface area contributed by atoms with Crippen molar-refractivity contribution in [2.75, 3.05) is 17.2 Å². The Labute approximate surface area is 123 Å². The molecule has 0 spiro atoms. The van der Waals surface area contributed by atoms with E-state index in [1.807, 2.05) is 18.7 Å². The van der Waals surface area contributed by atoms with Crippen molar-refractivity contribution in [3.8, 4) is 5.75 Å². The number of hydrogen-bond acceptors (Lipinski definition) is 3. The number of alkyl halides is 2. The van der Waals surface area contributed by atoms with Crippen LogP contribution in [0.1, 0.15) is 40.0 Å². The van der Waals surface area contributed by atoms with Gasteiger partial charge in [-0.3, -0.25) is 0 Å². The average molecular weight is 304 g/mol. The first-order valence-electron chi connectivity index (χ1n) is 7.21. The predicted molar refractivity (Wildman–Crippen MR) is 79.5 cm³/mol. The minimum atomic E-state index is -3.07. The summed E-state index contributed by atoms with van der Waals surface area (Å²) in [6.45, 7) is 3.78. The van der Waals surface area contributed by atoms with E-state index in [0.717, 1.165) is 31.9 Å². The molecule has 1 aromatic rings. The van der Waals surface area contributed by atoms with Gasteiger partial charge in [-0.05, 0) is 19.8 Å². The summed E-state index contributed by atoms with van der Waals surface area (Å²) in [5.74, 6) is -1.35. The maximum atomic E-state index is 13.6. The lowest BCUT2D eigenvalue weighted by atomic mass is 10.1. The molecule has 0 radical (unpaired) electrons. The number of nitrogen functional groups attached to an aromatic ring is 1. The second-order valence-electron chi connectivity index (χ2n) is 5.02. The first kappa shape index (κ1) is 17.5. The van der Waals surface area contributed by atoms with Gasteiger partial charge in [-0.25, -0.2) is 4.39 Å². The van der Waals surface area contributed by atoms with Gasteiger partial charge in [0.25, 0.3) is 0 Å². The zero-order chi connectivity index (χ0) is 16.0. The van der Waals surface area contributed by atoms with E-state index in [1.54, 1.807) is 0 Å². The van der Waals surface area contributed by atoms with Gasteiger partial charge >= 0.3 is 6.61 Å². The molecule has 0 saturated heterocycles. The molecule has 1 atom stereocenters. The zero-order valence-corrected chi connectivity index (χ0v) is 12.7. The molecule has 6 heteroatoms. The number of nitrogens with zero attached hydrogens (tertiary/aromatic N) is 1. The van der Waals surface area contributed by atoms with Crippen LogP contribution in [0, 0.1) is 5.82 Å². The van der Waals surface area contributed by atoms with Crippen LogP contribution in [0.25, 0.3) is 0 Å². The largest absolute Gasteiger partial charge is 0.432 e. The number of rotatable bonds is 8. The van der Waals surface area contributed by atoms with Gasteiger partial charge in [-0.1, -0.05) is 20.3 Å². The van der Waals surface area contributed by atoms with Crippen LogP contribution in [0.4, 0.5) is 24.5 Å². The lowest BCUT2D eigenvalue weighted by molar-refractivity contribution is -0.0521. The molecular weight excluding hydrogens is 281 g/mol. The summed E-state index contributed by atoms with van der Waals surface area (Å²) in [5, 5.41) is 0. The summed E-state index contributed by atoms with van der Waals surface area (Å²) in [4.78, 5) is 2.01. The minimum absolute atomic E-state index is 0.170. The number of anilines is 2. The monoisotopic (exact) mass is 304 g/mol. The molecule has 0 aliphatic heterocycles. The van der Waals surface area contributed by atoms with E-state index in [-0.39, 0.29) is 11.7 Å². The lowest BCUT2D eigenvalue weighted by Gasteiger charge is -2.32. The molecule has 120 valence electrons. The van der Waals surface area contributed by atoms with Crippen molar-refractivity contribution < 1.29 is 17.9 Å².